The minimum absolute atomic E-state index is 0.115. The van der Waals surface area contributed by atoms with Crippen LogP contribution in [0.15, 0.2) is 41.8 Å². The number of nitrogens with zero attached hydrogens (tertiary/aromatic N) is 6. The number of thiazole rings is 1. The van der Waals surface area contributed by atoms with Crippen LogP contribution >= 0.6 is 11.3 Å². The van der Waals surface area contributed by atoms with E-state index in [-0.39, 0.29) is 28.8 Å². The minimum atomic E-state index is -2.75. The zero-order valence-corrected chi connectivity index (χ0v) is 21.6. The van der Waals surface area contributed by atoms with E-state index in [0.29, 0.717) is 33.7 Å². The number of anilines is 4. The molecule has 3 heterocycles. The van der Waals surface area contributed by atoms with E-state index in [1.165, 1.54) is 36.5 Å². The standard InChI is InChI=1S/C24H25N9O4S/c1-25-22(34)20-15(11-18(30-32-20)28-17-9-10-19(36-4)31-29-17)26-14-8-6-7-13(21(14)37-5)23-27-16(12-38-23)24(35)33(2)3/h6-12H,1-5H3,(H,25,34)(H2,26,28,29,30)/i1D3. The van der Waals surface area contributed by atoms with Gasteiger partial charge in [0, 0.05) is 42.7 Å². The lowest BCUT2D eigenvalue weighted by molar-refractivity contribution is 0.0822. The van der Waals surface area contributed by atoms with Crippen molar-refractivity contribution >= 4 is 46.2 Å². The van der Waals surface area contributed by atoms with Gasteiger partial charge in [0.05, 0.1) is 31.2 Å². The van der Waals surface area contributed by atoms with Gasteiger partial charge in [-0.15, -0.1) is 31.7 Å². The number of nitrogens with one attached hydrogen (secondary N) is 3. The fourth-order valence-electron chi connectivity index (χ4n) is 3.30. The van der Waals surface area contributed by atoms with Crippen molar-refractivity contribution in [3.8, 4) is 22.2 Å². The maximum Gasteiger partial charge on any atom is 0.273 e. The van der Waals surface area contributed by atoms with Crippen LogP contribution in [0.4, 0.5) is 23.0 Å². The number of hydrogen-bond acceptors (Lipinski definition) is 12. The quantitative estimate of drug-likeness (QED) is 0.288. The van der Waals surface area contributed by atoms with Gasteiger partial charge >= 0.3 is 0 Å². The zero-order valence-electron chi connectivity index (χ0n) is 23.8. The number of carbonyl (C=O) groups is 2. The second kappa shape index (κ2) is 11.5. The molecule has 13 nitrogen and oxygen atoms in total. The van der Waals surface area contributed by atoms with Crippen LogP contribution < -0.4 is 25.4 Å². The number of aromatic nitrogens is 5. The molecule has 0 aliphatic rings. The maximum absolute atomic E-state index is 12.8. The first-order valence-electron chi connectivity index (χ1n) is 12.5. The third-order valence-electron chi connectivity index (χ3n) is 5.08. The molecule has 0 saturated carbocycles. The Morgan fingerprint density at radius 3 is 2.47 bits per heavy atom. The number of carbonyl (C=O) groups excluding carboxylic acids is 2. The fraction of sp³-hybridized carbons (Fsp3) is 0.208. The summed E-state index contributed by atoms with van der Waals surface area (Å²) in [5, 5.41) is 25.9. The summed E-state index contributed by atoms with van der Waals surface area (Å²) in [7, 11) is 6.20. The summed E-state index contributed by atoms with van der Waals surface area (Å²) >= 11 is 1.27. The highest BCUT2D eigenvalue weighted by Crippen LogP contribution is 2.39. The number of amides is 2. The average Bonchev–Trinajstić information content (AvgIpc) is 3.42. The summed E-state index contributed by atoms with van der Waals surface area (Å²) in [4.78, 5) is 31.1. The van der Waals surface area contributed by atoms with Crippen molar-refractivity contribution in [1.29, 1.82) is 0 Å². The monoisotopic (exact) mass is 538 g/mol. The van der Waals surface area contributed by atoms with Gasteiger partial charge in [-0.25, -0.2) is 4.98 Å². The van der Waals surface area contributed by atoms with E-state index in [4.69, 9.17) is 13.6 Å². The maximum atomic E-state index is 12.8. The van der Waals surface area contributed by atoms with Crippen LogP contribution in [-0.4, -0.2) is 77.4 Å². The molecule has 4 aromatic rings. The molecule has 3 aromatic heterocycles. The molecule has 0 bridgehead atoms. The summed E-state index contributed by atoms with van der Waals surface area (Å²) in [5.41, 5.74) is 1.11. The highest BCUT2D eigenvalue weighted by molar-refractivity contribution is 7.13. The lowest BCUT2D eigenvalue weighted by Crippen LogP contribution is -2.21. The van der Waals surface area contributed by atoms with Crippen molar-refractivity contribution in [2.75, 3.05) is 45.9 Å². The third-order valence-corrected chi connectivity index (χ3v) is 5.95. The van der Waals surface area contributed by atoms with Gasteiger partial charge in [-0.3, -0.25) is 9.59 Å². The summed E-state index contributed by atoms with van der Waals surface area (Å²) in [5.74, 6) is -0.0458. The van der Waals surface area contributed by atoms with Crippen LogP contribution in [0, 0.1) is 0 Å². The Morgan fingerprint density at radius 2 is 1.79 bits per heavy atom. The third kappa shape index (κ3) is 5.59. The normalized spacial score (nSPS) is 11.9. The van der Waals surface area contributed by atoms with Gasteiger partial charge in [-0.05, 0) is 18.2 Å². The number of benzene rings is 1. The van der Waals surface area contributed by atoms with E-state index >= 15 is 0 Å². The number of hydrogen-bond donors (Lipinski definition) is 3. The first-order valence-corrected chi connectivity index (χ1v) is 11.8. The molecule has 1 aromatic carbocycles. The molecule has 0 radical (unpaired) electrons. The molecular weight excluding hydrogens is 510 g/mol. The second-order valence-electron chi connectivity index (χ2n) is 7.78. The zero-order chi connectivity index (χ0) is 29.7. The molecule has 0 fully saturated rings. The molecule has 4 rings (SSSR count). The van der Waals surface area contributed by atoms with Crippen molar-refractivity contribution in [3.05, 3.63) is 53.2 Å². The van der Waals surface area contributed by atoms with Crippen LogP contribution in [0.3, 0.4) is 0 Å². The van der Waals surface area contributed by atoms with Crippen LogP contribution in [-0.2, 0) is 0 Å². The van der Waals surface area contributed by atoms with Crippen LogP contribution in [0.2, 0.25) is 0 Å². The Labute approximate surface area is 226 Å². The second-order valence-corrected chi connectivity index (χ2v) is 8.64. The van der Waals surface area contributed by atoms with Gasteiger partial charge in [-0.1, -0.05) is 6.07 Å². The Kier molecular flexibility index (Phi) is 6.75. The van der Waals surface area contributed by atoms with Crippen LogP contribution in [0.1, 0.15) is 25.1 Å². The SMILES string of the molecule is [2H]C([2H])([2H])NC(=O)c1nnc(Nc2ccc(OC)nn2)cc1Nc1cccc(-c2nc(C(=O)N(C)C)cs2)c1OC. The number of para-hydroxylation sites is 1. The van der Waals surface area contributed by atoms with Gasteiger partial charge < -0.3 is 30.3 Å². The Bertz CT molecular complexity index is 1560. The van der Waals surface area contributed by atoms with Gasteiger partial charge in [0.1, 0.15) is 10.7 Å². The van der Waals surface area contributed by atoms with Crippen LogP contribution in [0.5, 0.6) is 11.6 Å². The number of rotatable bonds is 9. The predicted octanol–water partition coefficient (Wildman–Crippen LogP) is 2.96. The van der Waals surface area contributed by atoms with Gasteiger partial charge in [0.15, 0.2) is 23.1 Å². The molecule has 2 amide bonds. The molecule has 0 unspecified atom stereocenters. The molecular formula is C24H25N9O4S. The van der Waals surface area contributed by atoms with E-state index in [0.717, 1.165) is 0 Å². The van der Waals surface area contributed by atoms with E-state index in [1.807, 2.05) is 5.32 Å². The Morgan fingerprint density at radius 1 is 0.974 bits per heavy atom. The smallest absolute Gasteiger partial charge is 0.273 e. The molecule has 0 aliphatic carbocycles. The molecule has 38 heavy (non-hydrogen) atoms. The molecule has 196 valence electrons. The predicted molar refractivity (Wildman–Crippen MR) is 143 cm³/mol. The van der Waals surface area contributed by atoms with Crippen molar-refractivity contribution in [1.82, 2.24) is 35.6 Å². The van der Waals surface area contributed by atoms with Gasteiger partial charge in [-0.2, -0.15) is 0 Å². The first kappa shape index (κ1) is 22.4. The highest BCUT2D eigenvalue weighted by Gasteiger charge is 2.20. The molecule has 14 heteroatoms. The van der Waals surface area contributed by atoms with Crippen molar-refractivity contribution < 1.29 is 23.2 Å². The van der Waals surface area contributed by atoms with Crippen molar-refractivity contribution in [2.45, 2.75) is 0 Å². The summed E-state index contributed by atoms with van der Waals surface area (Å²) in [6.07, 6.45) is 0. The van der Waals surface area contributed by atoms with E-state index < -0.39 is 12.9 Å². The van der Waals surface area contributed by atoms with Crippen LogP contribution in [0.25, 0.3) is 10.6 Å². The molecule has 0 saturated heterocycles. The van der Waals surface area contributed by atoms with Crippen molar-refractivity contribution in [3.63, 3.8) is 0 Å². The number of methoxy groups -OCH3 is 2. The minimum Gasteiger partial charge on any atom is -0.494 e. The Balaban J connectivity index is 1.73. The van der Waals surface area contributed by atoms with Gasteiger partial charge in [0.25, 0.3) is 11.8 Å². The Hall–Kier alpha value is -4.85. The summed E-state index contributed by atoms with van der Waals surface area (Å²) in [6, 6.07) is 9.85. The molecule has 0 aliphatic heterocycles. The first-order chi connectivity index (χ1) is 19.5. The molecule has 3 N–H and O–H groups in total. The topological polar surface area (TPSA) is 156 Å². The molecule has 0 spiro atoms. The summed E-state index contributed by atoms with van der Waals surface area (Å²) < 4.78 is 32.9. The highest BCUT2D eigenvalue weighted by atomic mass is 32.1. The summed E-state index contributed by atoms with van der Waals surface area (Å²) in [6.45, 7) is -2.75. The number of ether oxygens (including phenoxy) is 2. The fourth-order valence-corrected chi connectivity index (χ4v) is 4.11. The van der Waals surface area contributed by atoms with E-state index in [1.54, 1.807) is 49.8 Å². The average molecular weight is 539 g/mol. The van der Waals surface area contributed by atoms with E-state index in [2.05, 4.69) is 36.0 Å². The lowest BCUT2D eigenvalue weighted by atomic mass is 10.1. The molecule has 0 atom stereocenters. The van der Waals surface area contributed by atoms with E-state index in [9.17, 15) is 9.59 Å². The lowest BCUT2D eigenvalue weighted by Gasteiger charge is -2.16. The largest absolute Gasteiger partial charge is 0.494 e. The van der Waals surface area contributed by atoms with Gasteiger partial charge in [0.2, 0.25) is 5.88 Å². The van der Waals surface area contributed by atoms with Crippen molar-refractivity contribution in [2.24, 2.45) is 0 Å².